The van der Waals surface area contributed by atoms with Crippen molar-refractivity contribution in [1.29, 1.82) is 0 Å². The molecule has 0 spiro atoms. The predicted octanol–water partition coefficient (Wildman–Crippen LogP) is 3.60. The minimum absolute atomic E-state index is 0.198. The summed E-state index contributed by atoms with van der Waals surface area (Å²) in [5.41, 5.74) is 3.78. The summed E-state index contributed by atoms with van der Waals surface area (Å²) in [6, 6.07) is 14.7. The molecule has 0 aliphatic carbocycles. The zero-order valence-corrected chi connectivity index (χ0v) is 13.0. The van der Waals surface area contributed by atoms with Crippen molar-refractivity contribution in [3.8, 4) is 11.5 Å². The van der Waals surface area contributed by atoms with Gasteiger partial charge in [0.15, 0.2) is 11.5 Å². The van der Waals surface area contributed by atoms with Crippen LogP contribution in [0.25, 0.3) is 6.08 Å². The maximum Gasteiger partial charge on any atom is 0.161 e. The first-order chi connectivity index (χ1) is 10.8. The third-order valence-corrected chi connectivity index (χ3v) is 4.02. The highest BCUT2D eigenvalue weighted by atomic mass is 16.5. The van der Waals surface area contributed by atoms with E-state index in [1.807, 2.05) is 6.07 Å². The smallest absolute Gasteiger partial charge is 0.161 e. The Bertz CT molecular complexity index is 665. The fraction of sp³-hybridized carbons (Fsp3) is 0.263. The van der Waals surface area contributed by atoms with E-state index >= 15 is 0 Å². The van der Waals surface area contributed by atoms with Gasteiger partial charge in [0.2, 0.25) is 0 Å². The zero-order chi connectivity index (χ0) is 15.4. The molecule has 0 radical (unpaired) electrons. The van der Waals surface area contributed by atoms with Crippen LogP contribution >= 0.6 is 0 Å². The van der Waals surface area contributed by atoms with Crippen LogP contribution in [0.15, 0.2) is 48.5 Å². The Morgan fingerprint density at radius 3 is 2.50 bits per heavy atom. The van der Waals surface area contributed by atoms with Crippen molar-refractivity contribution in [3.63, 3.8) is 0 Å². The Hall–Kier alpha value is -2.26. The minimum Gasteiger partial charge on any atom is -0.493 e. The van der Waals surface area contributed by atoms with Crippen LogP contribution in [0.1, 0.15) is 22.7 Å². The third-order valence-electron chi connectivity index (χ3n) is 4.02. The lowest BCUT2D eigenvalue weighted by Gasteiger charge is -2.26. The van der Waals surface area contributed by atoms with Crippen molar-refractivity contribution in [2.75, 3.05) is 20.8 Å². The first-order valence-electron chi connectivity index (χ1n) is 7.53. The lowest BCUT2D eigenvalue weighted by atomic mass is 9.93. The second-order valence-corrected chi connectivity index (χ2v) is 5.36. The average molecular weight is 295 g/mol. The number of nitrogens with one attached hydrogen (secondary N) is 1. The molecule has 1 aliphatic rings. The fourth-order valence-electron chi connectivity index (χ4n) is 2.86. The molecule has 3 rings (SSSR count). The van der Waals surface area contributed by atoms with E-state index in [1.165, 1.54) is 16.7 Å². The van der Waals surface area contributed by atoms with Gasteiger partial charge in [-0.3, -0.25) is 0 Å². The zero-order valence-electron chi connectivity index (χ0n) is 13.0. The summed E-state index contributed by atoms with van der Waals surface area (Å²) in [5, 5.41) is 3.55. The Labute approximate surface area is 131 Å². The number of methoxy groups -OCH3 is 2. The highest BCUT2D eigenvalue weighted by molar-refractivity contribution is 5.54. The van der Waals surface area contributed by atoms with E-state index in [2.05, 4.69) is 53.9 Å². The topological polar surface area (TPSA) is 30.5 Å². The predicted molar refractivity (Wildman–Crippen MR) is 89.5 cm³/mol. The molecule has 0 unspecified atom stereocenters. The van der Waals surface area contributed by atoms with E-state index < -0.39 is 0 Å². The Balaban J connectivity index is 1.92. The maximum atomic E-state index is 5.44. The lowest BCUT2D eigenvalue weighted by Crippen LogP contribution is -2.28. The molecule has 0 bridgehead atoms. The van der Waals surface area contributed by atoms with Gasteiger partial charge in [-0.1, -0.05) is 42.5 Å². The number of ether oxygens (including phenoxy) is 2. The number of hydrogen-bond donors (Lipinski definition) is 1. The molecule has 0 amide bonds. The SMILES string of the molecule is COc1cc2c(cc1OC)[C@H](C=Cc1ccccc1)NCC2. The van der Waals surface area contributed by atoms with Crippen LogP contribution in [-0.4, -0.2) is 20.8 Å². The van der Waals surface area contributed by atoms with Crippen molar-refractivity contribution < 1.29 is 9.47 Å². The molecule has 114 valence electrons. The van der Waals surface area contributed by atoms with Gasteiger partial charge < -0.3 is 14.8 Å². The standard InChI is InChI=1S/C19H21NO2/c1-21-18-12-15-10-11-20-17(16(15)13-19(18)22-2)9-8-14-6-4-3-5-7-14/h3-9,12-13,17,20H,10-11H2,1-2H3/t17-/m0/s1. The summed E-state index contributed by atoms with van der Waals surface area (Å²) in [6.45, 7) is 0.965. The molecule has 1 atom stereocenters. The molecule has 0 saturated carbocycles. The summed E-state index contributed by atoms with van der Waals surface area (Å²) in [7, 11) is 3.35. The lowest BCUT2D eigenvalue weighted by molar-refractivity contribution is 0.353. The largest absolute Gasteiger partial charge is 0.493 e. The molecule has 0 fully saturated rings. The third kappa shape index (κ3) is 3.00. The van der Waals surface area contributed by atoms with Gasteiger partial charge in [0, 0.05) is 6.54 Å². The van der Waals surface area contributed by atoms with Gasteiger partial charge >= 0.3 is 0 Å². The highest BCUT2D eigenvalue weighted by Crippen LogP contribution is 2.35. The number of benzene rings is 2. The van der Waals surface area contributed by atoms with Crippen molar-refractivity contribution in [2.45, 2.75) is 12.5 Å². The Morgan fingerprint density at radius 2 is 1.77 bits per heavy atom. The minimum atomic E-state index is 0.198. The molecule has 1 heterocycles. The number of rotatable bonds is 4. The van der Waals surface area contributed by atoms with E-state index in [0.29, 0.717) is 0 Å². The highest BCUT2D eigenvalue weighted by Gasteiger charge is 2.20. The number of hydrogen-bond acceptors (Lipinski definition) is 3. The van der Waals surface area contributed by atoms with Gasteiger partial charge in [0.05, 0.1) is 20.3 Å². The number of fused-ring (bicyclic) bond motifs is 1. The second kappa shape index (κ2) is 6.67. The van der Waals surface area contributed by atoms with Crippen LogP contribution < -0.4 is 14.8 Å². The maximum absolute atomic E-state index is 5.44. The normalized spacial score (nSPS) is 17.3. The molecular weight excluding hydrogens is 274 g/mol. The summed E-state index contributed by atoms with van der Waals surface area (Å²) >= 11 is 0. The molecule has 0 aromatic heterocycles. The van der Waals surface area contributed by atoms with Crippen LogP contribution in [0, 0.1) is 0 Å². The molecule has 1 N–H and O–H groups in total. The van der Waals surface area contributed by atoms with Crippen molar-refractivity contribution in [1.82, 2.24) is 5.32 Å². The van der Waals surface area contributed by atoms with E-state index in [0.717, 1.165) is 24.5 Å². The van der Waals surface area contributed by atoms with E-state index in [9.17, 15) is 0 Å². The second-order valence-electron chi connectivity index (χ2n) is 5.36. The molecule has 3 heteroatoms. The Morgan fingerprint density at radius 1 is 1.05 bits per heavy atom. The molecular formula is C19H21NO2. The molecule has 2 aromatic rings. The molecule has 1 aliphatic heterocycles. The summed E-state index contributed by atoms with van der Waals surface area (Å²) < 4.78 is 10.8. The molecule has 3 nitrogen and oxygen atoms in total. The van der Waals surface area contributed by atoms with Crippen LogP contribution in [0.5, 0.6) is 11.5 Å². The first kappa shape index (κ1) is 14.7. The van der Waals surface area contributed by atoms with Crippen molar-refractivity contribution >= 4 is 6.08 Å². The van der Waals surface area contributed by atoms with Crippen LogP contribution in [0.2, 0.25) is 0 Å². The van der Waals surface area contributed by atoms with Gasteiger partial charge in [-0.05, 0) is 35.2 Å². The van der Waals surface area contributed by atoms with Crippen molar-refractivity contribution in [2.24, 2.45) is 0 Å². The molecule has 2 aromatic carbocycles. The summed E-state index contributed by atoms with van der Waals surface area (Å²) in [5.74, 6) is 1.58. The Kier molecular flexibility index (Phi) is 4.45. The van der Waals surface area contributed by atoms with E-state index in [-0.39, 0.29) is 6.04 Å². The van der Waals surface area contributed by atoms with Gasteiger partial charge in [0.1, 0.15) is 0 Å². The van der Waals surface area contributed by atoms with Gasteiger partial charge in [-0.2, -0.15) is 0 Å². The van der Waals surface area contributed by atoms with E-state index in [4.69, 9.17) is 9.47 Å². The van der Waals surface area contributed by atoms with Crippen LogP contribution in [0.4, 0.5) is 0 Å². The fourth-order valence-corrected chi connectivity index (χ4v) is 2.86. The summed E-state index contributed by atoms with van der Waals surface area (Å²) in [4.78, 5) is 0. The van der Waals surface area contributed by atoms with E-state index in [1.54, 1.807) is 14.2 Å². The quantitative estimate of drug-likeness (QED) is 0.935. The van der Waals surface area contributed by atoms with Gasteiger partial charge in [0.25, 0.3) is 0 Å². The van der Waals surface area contributed by atoms with Gasteiger partial charge in [-0.25, -0.2) is 0 Å². The van der Waals surface area contributed by atoms with Gasteiger partial charge in [-0.15, -0.1) is 0 Å². The molecule has 22 heavy (non-hydrogen) atoms. The average Bonchev–Trinajstić information content (AvgIpc) is 2.59. The molecule has 0 saturated heterocycles. The summed E-state index contributed by atoms with van der Waals surface area (Å²) in [6.07, 6.45) is 5.37. The van der Waals surface area contributed by atoms with Crippen LogP contribution in [-0.2, 0) is 6.42 Å². The monoisotopic (exact) mass is 295 g/mol. The first-order valence-corrected chi connectivity index (χ1v) is 7.53. The van der Waals surface area contributed by atoms with Crippen LogP contribution in [0.3, 0.4) is 0 Å². The van der Waals surface area contributed by atoms with Crippen molar-refractivity contribution in [3.05, 3.63) is 65.2 Å².